The predicted molar refractivity (Wildman–Crippen MR) is 73.1 cm³/mol. The van der Waals surface area contributed by atoms with Gasteiger partial charge in [-0.05, 0) is 46.0 Å². The van der Waals surface area contributed by atoms with Crippen LogP contribution in [0.2, 0.25) is 0 Å². The third kappa shape index (κ3) is 5.54. The molecule has 1 rings (SSSR count). The normalized spacial score (nSPS) is 24.4. The summed E-state index contributed by atoms with van der Waals surface area (Å²) < 4.78 is 5.19. The molecule has 104 valence electrons. The fraction of sp³-hybridized carbons (Fsp3) is 0.786. The van der Waals surface area contributed by atoms with Crippen LogP contribution < -0.4 is 10.9 Å². The van der Waals surface area contributed by atoms with Crippen molar-refractivity contribution in [3.63, 3.8) is 0 Å². The van der Waals surface area contributed by atoms with Crippen molar-refractivity contribution < 1.29 is 9.53 Å². The number of allylic oxidation sites excluding steroid dienone is 1. The summed E-state index contributed by atoms with van der Waals surface area (Å²) in [7, 11) is 0. The van der Waals surface area contributed by atoms with Crippen LogP contribution in [-0.2, 0) is 4.74 Å². The second-order valence-electron chi connectivity index (χ2n) is 5.95. The number of hydrazine groups is 1. The van der Waals surface area contributed by atoms with Gasteiger partial charge in [0.2, 0.25) is 0 Å². The molecular weight excluding hydrogens is 228 g/mol. The molecule has 0 aromatic rings. The molecule has 0 spiro atoms. The first kappa shape index (κ1) is 15.0. The van der Waals surface area contributed by atoms with E-state index in [0.717, 1.165) is 12.8 Å². The molecule has 1 fully saturated rings. The third-order valence-corrected chi connectivity index (χ3v) is 3.14. The summed E-state index contributed by atoms with van der Waals surface area (Å²) in [5.41, 5.74) is 5.30. The van der Waals surface area contributed by atoms with Crippen LogP contribution in [0.25, 0.3) is 0 Å². The molecule has 0 heterocycles. The Morgan fingerprint density at radius 2 is 2.06 bits per heavy atom. The Balaban J connectivity index is 2.36. The molecule has 0 radical (unpaired) electrons. The van der Waals surface area contributed by atoms with Gasteiger partial charge in [0, 0.05) is 6.04 Å². The average molecular weight is 254 g/mol. The van der Waals surface area contributed by atoms with E-state index in [1.54, 1.807) is 0 Å². The maximum atomic E-state index is 11.5. The Labute approximate surface area is 110 Å². The summed E-state index contributed by atoms with van der Waals surface area (Å²) in [6.45, 7) is 9.36. The monoisotopic (exact) mass is 254 g/mol. The SMILES string of the molecule is C=CC[C@@H]1CCCC[C@@H]1NNC(=O)OC(C)(C)C. The molecule has 4 nitrogen and oxygen atoms in total. The number of carbonyl (C=O) groups excluding carboxylic acids is 1. The highest BCUT2D eigenvalue weighted by atomic mass is 16.6. The Morgan fingerprint density at radius 3 is 2.67 bits per heavy atom. The zero-order valence-electron chi connectivity index (χ0n) is 11.8. The summed E-state index contributed by atoms with van der Waals surface area (Å²) in [4.78, 5) is 11.5. The standard InChI is InChI=1S/C14H26N2O2/c1-5-8-11-9-6-7-10-12(11)15-16-13(17)18-14(2,3)4/h5,11-12,15H,1,6-10H2,2-4H3,(H,16,17)/t11-,12+/m1/s1. The summed E-state index contributed by atoms with van der Waals surface area (Å²) in [5, 5.41) is 0. The van der Waals surface area contributed by atoms with E-state index in [9.17, 15) is 4.79 Å². The van der Waals surface area contributed by atoms with Gasteiger partial charge in [0.1, 0.15) is 5.60 Å². The van der Waals surface area contributed by atoms with Crippen LogP contribution in [0.3, 0.4) is 0 Å². The first-order chi connectivity index (χ1) is 8.42. The van der Waals surface area contributed by atoms with Crippen molar-refractivity contribution in [2.24, 2.45) is 5.92 Å². The zero-order valence-corrected chi connectivity index (χ0v) is 11.8. The second kappa shape index (κ2) is 6.78. The van der Waals surface area contributed by atoms with Crippen LogP contribution in [-0.4, -0.2) is 17.7 Å². The molecule has 1 saturated carbocycles. The van der Waals surface area contributed by atoms with Gasteiger partial charge in [-0.2, -0.15) is 0 Å². The van der Waals surface area contributed by atoms with E-state index in [0.29, 0.717) is 12.0 Å². The fourth-order valence-corrected chi connectivity index (χ4v) is 2.35. The first-order valence-electron chi connectivity index (χ1n) is 6.78. The van der Waals surface area contributed by atoms with Crippen molar-refractivity contribution in [2.45, 2.75) is 64.5 Å². The number of carbonyl (C=O) groups is 1. The lowest BCUT2D eigenvalue weighted by atomic mass is 9.83. The molecule has 0 aliphatic heterocycles. The minimum absolute atomic E-state index is 0.323. The van der Waals surface area contributed by atoms with Gasteiger partial charge in [-0.1, -0.05) is 18.9 Å². The summed E-state index contributed by atoms with van der Waals surface area (Å²) >= 11 is 0. The Kier molecular flexibility index (Phi) is 5.66. The largest absolute Gasteiger partial charge is 0.443 e. The first-order valence-corrected chi connectivity index (χ1v) is 6.78. The van der Waals surface area contributed by atoms with E-state index >= 15 is 0 Å². The average Bonchev–Trinajstić information content (AvgIpc) is 2.26. The van der Waals surface area contributed by atoms with Gasteiger partial charge in [0.15, 0.2) is 0 Å². The van der Waals surface area contributed by atoms with Gasteiger partial charge < -0.3 is 4.74 Å². The van der Waals surface area contributed by atoms with Gasteiger partial charge in [0.25, 0.3) is 0 Å². The summed E-state index contributed by atoms with van der Waals surface area (Å²) in [5.74, 6) is 0.561. The van der Waals surface area contributed by atoms with Gasteiger partial charge in [-0.15, -0.1) is 6.58 Å². The van der Waals surface area contributed by atoms with Crippen LogP contribution in [0.4, 0.5) is 4.79 Å². The minimum atomic E-state index is -0.459. The van der Waals surface area contributed by atoms with Gasteiger partial charge >= 0.3 is 6.09 Å². The van der Waals surface area contributed by atoms with Crippen LogP contribution in [0.15, 0.2) is 12.7 Å². The van der Waals surface area contributed by atoms with Gasteiger partial charge in [0.05, 0.1) is 0 Å². The van der Waals surface area contributed by atoms with E-state index in [-0.39, 0.29) is 0 Å². The lowest BCUT2D eigenvalue weighted by Gasteiger charge is -2.32. The van der Waals surface area contributed by atoms with Crippen LogP contribution in [0, 0.1) is 5.92 Å². The molecule has 2 atom stereocenters. The Morgan fingerprint density at radius 1 is 1.39 bits per heavy atom. The number of hydrogen-bond acceptors (Lipinski definition) is 3. The maximum absolute atomic E-state index is 11.5. The number of nitrogens with one attached hydrogen (secondary N) is 2. The van der Waals surface area contributed by atoms with Crippen LogP contribution in [0.5, 0.6) is 0 Å². The lowest BCUT2D eigenvalue weighted by Crippen LogP contribution is -2.50. The topological polar surface area (TPSA) is 50.4 Å². The highest BCUT2D eigenvalue weighted by Gasteiger charge is 2.25. The van der Waals surface area contributed by atoms with Crippen molar-refractivity contribution in [2.75, 3.05) is 0 Å². The number of amides is 1. The molecule has 0 unspecified atom stereocenters. The third-order valence-electron chi connectivity index (χ3n) is 3.14. The van der Waals surface area contributed by atoms with Crippen LogP contribution in [0.1, 0.15) is 52.9 Å². The van der Waals surface area contributed by atoms with E-state index in [1.807, 2.05) is 26.8 Å². The molecule has 4 heteroatoms. The quantitative estimate of drug-likeness (QED) is 0.598. The van der Waals surface area contributed by atoms with Gasteiger partial charge in [-0.25, -0.2) is 10.2 Å². The van der Waals surface area contributed by atoms with E-state index in [1.165, 1.54) is 19.3 Å². The molecule has 0 aromatic carbocycles. The maximum Gasteiger partial charge on any atom is 0.422 e. The molecule has 1 aliphatic carbocycles. The molecule has 18 heavy (non-hydrogen) atoms. The highest BCUT2D eigenvalue weighted by Crippen LogP contribution is 2.26. The molecule has 0 bridgehead atoms. The summed E-state index contributed by atoms with van der Waals surface area (Å²) in [6, 6.07) is 0.323. The fourth-order valence-electron chi connectivity index (χ4n) is 2.35. The molecule has 0 saturated heterocycles. The smallest absolute Gasteiger partial charge is 0.422 e. The second-order valence-corrected chi connectivity index (χ2v) is 5.95. The Bertz CT molecular complexity index is 284. The van der Waals surface area contributed by atoms with E-state index in [2.05, 4.69) is 17.4 Å². The Hall–Kier alpha value is -1.03. The number of ether oxygens (including phenoxy) is 1. The van der Waals surface area contributed by atoms with E-state index < -0.39 is 11.7 Å². The summed E-state index contributed by atoms with van der Waals surface area (Å²) in [6.07, 6.45) is 7.30. The van der Waals surface area contributed by atoms with Crippen LogP contribution >= 0.6 is 0 Å². The molecule has 1 amide bonds. The van der Waals surface area contributed by atoms with Crippen molar-refractivity contribution in [1.82, 2.24) is 10.9 Å². The van der Waals surface area contributed by atoms with Crippen molar-refractivity contribution >= 4 is 6.09 Å². The zero-order chi connectivity index (χ0) is 13.6. The number of rotatable bonds is 4. The number of hydrogen-bond donors (Lipinski definition) is 2. The van der Waals surface area contributed by atoms with E-state index in [4.69, 9.17) is 4.74 Å². The lowest BCUT2D eigenvalue weighted by molar-refractivity contribution is 0.0471. The van der Waals surface area contributed by atoms with Crippen molar-refractivity contribution in [3.05, 3.63) is 12.7 Å². The van der Waals surface area contributed by atoms with Crippen molar-refractivity contribution in [3.8, 4) is 0 Å². The van der Waals surface area contributed by atoms with Gasteiger partial charge in [-0.3, -0.25) is 5.43 Å². The predicted octanol–water partition coefficient (Wildman–Crippen LogP) is 3.15. The molecule has 1 aliphatic rings. The van der Waals surface area contributed by atoms with Crippen molar-refractivity contribution in [1.29, 1.82) is 0 Å². The molecular formula is C14H26N2O2. The highest BCUT2D eigenvalue weighted by molar-refractivity contribution is 5.67. The molecule has 2 N–H and O–H groups in total. The minimum Gasteiger partial charge on any atom is -0.443 e. The molecule has 0 aromatic heterocycles.